The van der Waals surface area contributed by atoms with E-state index >= 15 is 0 Å². The SMILES string of the molecule is O=C1OCCN1c1cccc(NC2CCCCC2)c1. The minimum atomic E-state index is -0.241. The third-order valence-electron chi connectivity index (χ3n) is 3.89. The first-order valence-electron chi connectivity index (χ1n) is 7.14. The molecule has 3 rings (SSSR count). The molecular formula is C15H20N2O2. The molecule has 1 aliphatic heterocycles. The number of carbonyl (C=O) groups is 1. The van der Waals surface area contributed by atoms with Crippen LogP contribution < -0.4 is 10.2 Å². The Morgan fingerprint density at radius 3 is 2.79 bits per heavy atom. The number of benzene rings is 1. The zero-order valence-corrected chi connectivity index (χ0v) is 11.1. The van der Waals surface area contributed by atoms with E-state index in [2.05, 4.69) is 11.4 Å². The van der Waals surface area contributed by atoms with Gasteiger partial charge in [0.2, 0.25) is 0 Å². The highest BCUT2D eigenvalue weighted by Crippen LogP contribution is 2.25. The molecule has 0 unspecified atom stereocenters. The highest BCUT2D eigenvalue weighted by molar-refractivity contribution is 5.89. The van der Waals surface area contributed by atoms with Crippen molar-refractivity contribution in [3.05, 3.63) is 24.3 Å². The average Bonchev–Trinajstić information content (AvgIpc) is 2.86. The molecule has 0 aromatic heterocycles. The fourth-order valence-corrected chi connectivity index (χ4v) is 2.87. The van der Waals surface area contributed by atoms with Crippen LogP contribution in [0.2, 0.25) is 0 Å². The van der Waals surface area contributed by atoms with Gasteiger partial charge in [-0.3, -0.25) is 4.90 Å². The van der Waals surface area contributed by atoms with Crippen LogP contribution in [0.25, 0.3) is 0 Å². The van der Waals surface area contributed by atoms with Crippen LogP contribution in [0.3, 0.4) is 0 Å². The molecule has 1 heterocycles. The van der Waals surface area contributed by atoms with Gasteiger partial charge in [0.05, 0.1) is 6.54 Å². The molecule has 102 valence electrons. The molecule has 1 saturated carbocycles. The average molecular weight is 260 g/mol. The second kappa shape index (κ2) is 5.51. The van der Waals surface area contributed by atoms with Gasteiger partial charge in [-0.1, -0.05) is 25.3 Å². The molecule has 1 aromatic carbocycles. The number of hydrogen-bond acceptors (Lipinski definition) is 3. The second-order valence-corrected chi connectivity index (χ2v) is 5.30. The van der Waals surface area contributed by atoms with Crippen molar-refractivity contribution in [1.29, 1.82) is 0 Å². The van der Waals surface area contributed by atoms with Crippen molar-refractivity contribution in [2.45, 2.75) is 38.1 Å². The van der Waals surface area contributed by atoms with Crippen LogP contribution in [0, 0.1) is 0 Å². The third-order valence-corrected chi connectivity index (χ3v) is 3.89. The van der Waals surface area contributed by atoms with Gasteiger partial charge in [0, 0.05) is 17.4 Å². The van der Waals surface area contributed by atoms with E-state index in [4.69, 9.17) is 4.74 Å². The minimum absolute atomic E-state index is 0.241. The van der Waals surface area contributed by atoms with Crippen LogP contribution in [-0.4, -0.2) is 25.3 Å². The molecule has 1 amide bonds. The summed E-state index contributed by atoms with van der Waals surface area (Å²) in [6.07, 6.45) is 6.24. The molecule has 19 heavy (non-hydrogen) atoms. The summed E-state index contributed by atoms with van der Waals surface area (Å²) in [5.41, 5.74) is 2.02. The zero-order chi connectivity index (χ0) is 13.1. The fraction of sp³-hybridized carbons (Fsp3) is 0.533. The van der Waals surface area contributed by atoms with Gasteiger partial charge in [-0.25, -0.2) is 4.79 Å². The van der Waals surface area contributed by atoms with Crippen molar-refractivity contribution in [2.75, 3.05) is 23.4 Å². The van der Waals surface area contributed by atoms with Crippen molar-refractivity contribution in [1.82, 2.24) is 0 Å². The maximum absolute atomic E-state index is 11.6. The lowest BCUT2D eigenvalue weighted by molar-refractivity contribution is 0.181. The highest BCUT2D eigenvalue weighted by atomic mass is 16.6. The normalized spacial score (nSPS) is 20.4. The van der Waals surface area contributed by atoms with Crippen molar-refractivity contribution >= 4 is 17.5 Å². The number of ether oxygens (including phenoxy) is 1. The lowest BCUT2D eigenvalue weighted by Gasteiger charge is -2.24. The number of carbonyl (C=O) groups excluding carboxylic acids is 1. The van der Waals surface area contributed by atoms with E-state index in [1.807, 2.05) is 18.2 Å². The maximum Gasteiger partial charge on any atom is 0.414 e. The highest BCUT2D eigenvalue weighted by Gasteiger charge is 2.23. The van der Waals surface area contributed by atoms with Gasteiger partial charge in [0.1, 0.15) is 6.61 Å². The monoisotopic (exact) mass is 260 g/mol. The van der Waals surface area contributed by atoms with E-state index in [1.165, 1.54) is 32.1 Å². The summed E-state index contributed by atoms with van der Waals surface area (Å²) in [5, 5.41) is 3.58. The molecule has 0 radical (unpaired) electrons. The molecule has 1 saturated heterocycles. The molecule has 1 N–H and O–H groups in total. The first-order valence-corrected chi connectivity index (χ1v) is 7.14. The summed E-state index contributed by atoms with van der Waals surface area (Å²) >= 11 is 0. The molecule has 0 atom stereocenters. The number of anilines is 2. The largest absolute Gasteiger partial charge is 0.447 e. The molecule has 1 aliphatic carbocycles. The number of hydrogen-bond donors (Lipinski definition) is 1. The van der Waals surface area contributed by atoms with Crippen LogP contribution in [0.15, 0.2) is 24.3 Å². The summed E-state index contributed by atoms with van der Waals surface area (Å²) in [5.74, 6) is 0. The summed E-state index contributed by atoms with van der Waals surface area (Å²) < 4.78 is 4.98. The molecule has 1 aromatic rings. The standard InChI is InChI=1S/C15H20N2O2/c18-15-17(9-10-19-15)14-8-4-7-13(11-14)16-12-5-2-1-3-6-12/h4,7-8,11-12,16H,1-3,5-6,9-10H2. The van der Waals surface area contributed by atoms with E-state index in [-0.39, 0.29) is 6.09 Å². The predicted octanol–water partition coefficient (Wildman–Crippen LogP) is 3.39. The lowest BCUT2D eigenvalue weighted by atomic mass is 9.95. The number of amides is 1. The Bertz CT molecular complexity index is 455. The molecule has 2 aliphatic rings. The molecule has 0 spiro atoms. The first kappa shape index (κ1) is 12.3. The van der Waals surface area contributed by atoms with Gasteiger partial charge in [-0.15, -0.1) is 0 Å². The summed E-state index contributed by atoms with van der Waals surface area (Å²) in [6.45, 7) is 1.13. The number of rotatable bonds is 3. The quantitative estimate of drug-likeness (QED) is 0.905. The van der Waals surface area contributed by atoms with Gasteiger partial charge < -0.3 is 10.1 Å². The molecule has 0 bridgehead atoms. The smallest absolute Gasteiger partial charge is 0.414 e. The Morgan fingerprint density at radius 1 is 1.21 bits per heavy atom. The third kappa shape index (κ3) is 2.83. The van der Waals surface area contributed by atoms with E-state index in [1.54, 1.807) is 4.90 Å². The number of cyclic esters (lactones) is 1. The Morgan fingerprint density at radius 2 is 2.05 bits per heavy atom. The molecule has 4 heteroatoms. The van der Waals surface area contributed by atoms with Crippen LogP contribution >= 0.6 is 0 Å². The van der Waals surface area contributed by atoms with Crippen molar-refractivity contribution in [3.8, 4) is 0 Å². The van der Waals surface area contributed by atoms with Crippen molar-refractivity contribution in [3.63, 3.8) is 0 Å². The van der Waals surface area contributed by atoms with Gasteiger partial charge in [0.15, 0.2) is 0 Å². The minimum Gasteiger partial charge on any atom is -0.447 e. The van der Waals surface area contributed by atoms with Crippen LogP contribution in [-0.2, 0) is 4.74 Å². The summed E-state index contributed by atoms with van der Waals surface area (Å²) in [4.78, 5) is 13.2. The van der Waals surface area contributed by atoms with Gasteiger partial charge >= 0.3 is 6.09 Å². The van der Waals surface area contributed by atoms with Crippen LogP contribution in [0.5, 0.6) is 0 Å². The predicted molar refractivity (Wildman–Crippen MR) is 75.6 cm³/mol. The number of nitrogens with one attached hydrogen (secondary N) is 1. The Labute approximate surface area is 113 Å². The first-order chi connectivity index (χ1) is 9.33. The zero-order valence-electron chi connectivity index (χ0n) is 11.1. The van der Waals surface area contributed by atoms with Crippen LogP contribution in [0.4, 0.5) is 16.2 Å². The summed E-state index contributed by atoms with van der Waals surface area (Å²) in [7, 11) is 0. The van der Waals surface area contributed by atoms with Gasteiger partial charge in [-0.2, -0.15) is 0 Å². The molecular weight excluding hydrogens is 240 g/mol. The Hall–Kier alpha value is -1.71. The van der Waals surface area contributed by atoms with Crippen LogP contribution in [0.1, 0.15) is 32.1 Å². The topological polar surface area (TPSA) is 41.6 Å². The van der Waals surface area contributed by atoms with E-state index in [0.717, 1.165) is 11.4 Å². The van der Waals surface area contributed by atoms with E-state index in [0.29, 0.717) is 19.2 Å². The maximum atomic E-state index is 11.6. The van der Waals surface area contributed by atoms with E-state index in [9.17, 15) is 4.79 Å². The van der Waals surface area contributed by atoms with Crippen molar-refractivity contribution in [2.24, 2.45) is 0 Å². The Balaban J connectivity index is 1.70. The van der Waals surface area contributed by atoms with Crippen molar-refractivity contribution < 1.29 is 9.53 Å². The Kier molecular flexibility index (Phi) is 3.58. The van der Waals surface area contributed by atoms with Gasteiger partial charge in [-0.05, 0) is 31.0 Å². The van der Waals surface area contributed by atoms with E-state index < -0.39 is 0 Å². The number of nitrogens with zero attached hydrogens (tertiary/aromatic N) is 1. The second-order valence-electron chi connectivity index (χ2n) is 5.30. The molecule has 4 nitrogen and oxygen atoms in total. The lowest BCUT2D eigenvalue weighted by Crippen LogP contribution is -2.24. The molecule has 2 fully saturated rings. The summed E-state index contributed by atoms with van der Waals surface area (Å²) in [6, 6.07) is 8.64. The van der Waals surface area contributed by atoms with Gasteiger partial charge in [0.25, 0.3) is 0 Å². The fourth-order valence-electron chi connectivity index (χ4n) is 2.87.